The van der Waals surface area contributed by atoms with Gasteiger partial charge in [0, 0.05) is 32.7 Å². The zero-order valence-corrected chi connectivity index (χ0v) is 12.1. The number of benzene rings is 1. The van der Waals surface area contributed by atoms with Gasteiger partial charge in [-0.2, -0.15) is 0 Å². The van der Waals surface area contributed by atoms with Crippen LogP contribution in [0.2, 0.25) is 0 Å². The fourth-order valence-electron chi connectivity index (χ4n) is 2.66. The Morgan fingerprint density at radius 3 is 2.85 bits per heavy atom. The van der Waals surface area contributed by atoms with Gasteiger partial charge in [0.05, 0.1) is 6.04 Å². The van der Waals surface area contributed by atoms with Gasteiger partial charge < -0.3 is 10.6 Å². The van der Waals surface area contributed by atoms with Crippen LogP contribution in [0.15, 0.2) is 18.2 Å². The van der Waals surface area contributed by atoms with Crippen LogP contribution in [0.1, 0.15) is 24.0 Å². The highest BCUT2D eigenvalue weighted by molar-refractivity contribution is 5.81. The first kappa shape index (κ1) is 14.9. The summed E-state index contributed by atoms with van der Waals surface area (Å²) in [5.74, 6) is -0.141. The second kappa shape index (κ2) is 6.33. The molecule has 0 radical (unpaired) electrons. The molecule has 5 heteroatoms. The molecule has 1 atom stereocenters. The SMILES string of the molecule is CN(C)C(=O)C1CCCN1Cc1ccc(CN)cc1F. The summed E-state index contributed by atoms with van der Waals surface area (Å²) in [6, 6.07) is 4.97. The number of halogens is 1. The third kappa shape index (κ3) is 3.16. The molecule has 1 unspecified atom stereocenters. The first-order valence-electron chi connectivity index (χ1n) is 6.95. The predicted molar refractivity (Wildman–Crippen MR) is 76.4 cm³/mol. The van der Waals surface area contributed by atoms with Crippen LogP contribution < -0.4 is 5.73 Å². The maximum absolute atomic E-state index is 14.0. The lowest BCUT2D eigenvalue weighted by Crippen LogP contribution is -2.42. The summed E-state index contributed by atoms with van der Waals surface area (Å²) in [6.45, 7) is 1.64. The molecule has 0 aliphatic carbocycles. The number of carbonyl (C=O) groups excluding carboxylic acids is 1. The van der Waals surface area contributed by atoms with Crippen LogP contribution in [-0.4, -0.2) is 42.4 Å². The van der Waals surface area contributed by atoms with Gasteiger partial charge in [-0.05, 0) is 31.0 Å². The molecule has 2 N–H and O–H groups in total. The van der Waals surface area contributed by atoms with E-state index >= 15 is 0 Å². The van der Waals surface area contributed by atoms with E-state index in [1.54, 1.807) is 25.1 Å². The first-order valence-corrected chi connectivity index (χ1v) is 6.95. The Kier molecular flexibility index (Phi) is 4.73. The average Bonchev–Trinajstić information content (AvgIpc) is 2.88. The van der Waals surface area contributed by atoms with Gasteiger partial charge in [-0.1, -0.05) is 12.1 Å². The molecular formula is C15H22FN3O. The number of likely N-dealkylation sites (tertiary alicyclic amines) is 1. The summed E-state index contributed by atoms with van der Waals surface area (Å²) in [5.41, 5.74) is 6.91. The number of rotatable bonds is 4. The molecule has 0 saturated carbocycles. The lowest BCUT2D eigenvalue weighted by molar-refractivity contribution is -0.133. The maximum Gasteiger partial charge on any atom is 0.239 e. The quantitative estimate of drug-likeness (QED) is 0.905. The zero-order valence-electron chi connectivity index (χ0n) is 12.1. The van der Waals surface area contributed by atoms with E-state index in [0.717, 1.165) is 24.9 Å². The predicted octanol–water partition coefficient (Wildman–Crippen LogP) is 1.34. The standard InChI is InChI=1S/C15H22FN3O/c1-18(2)15(20)14-4-3-7-19(14)10-12-6-5-11(9-17)8-13(12)16/h5-6,8,14H,3-4,7,9-10,17H2,1-2H3. The highest BCUT2D eigenvalue weighted by Gasteiger charge is 2.31. The Morgan fingerprint density at radius 2 is 2.25 bits per heavy atom. The number of carbonyl (C=O) groups is 1. The molecule has 1 heterocycles. The van der Waals surface area contributed by atoms with E-state index in [1.807, 2.05) is 6.07 Å². The number of nitrogens with zero attached hydrogens (tertiary/aromatic N) is 2. The number of amides is 1. The summed E-state index contributed by atoms with van der Waals surface area (Å²) in [7, 11) is 3.52. The normalized spacial score (nSPS) is 19.3. The molecule has 0 aromatic heterocycles. The van der Waals surface area contributed by atoms with Crippen molar-refractivity contribution < 1.29 is 9.18 Å². The van der Waals surface area contributed by atoms with Gasteiger partial charge in [0.1, 0.15) is 5.82 Å². The van der Waals surface area contributed by atoms with E-state index in [-0.39, 0.29) is 17.8 Å². The van der Waals surface area contributed by atoms with Crippen molar-refractivity contribution in [2.75, 3.05) is 20.6 Å². The van der Waals surface area contributed by atoms with E-state index in [0.29, 0.717) is 18.7 Å². The maximum atomic E-state index is 14.0. The first-order chi connectivity index (χ1) is 9.52. The second-order valence-corrected chi connectivity index (χ2v) is 5.49. The van der Waals surface area contributed by atoms with Gasteiger partial charge in [0.15, 0.2) is 0 Å². The van der Waals surface area contributed by atoms with E-state index < -0.39 is 0 Å². The molecular weight excluding hydrogens is 257 g/mol. The van der Waals surface area contributed by atoms with Crippen LogP contribution in [0.5, 0.6) is 0 Å². The fraction of sp³-hybridized carbons (Fsp3) is 0.533. The summed E-state index contributed by atoms with van der Waals surface area (Å²) in [6.07, 6.45) is 1.83. The van der Waals surface area contributed by atoms with E-state index in [2.05, 4.69) is 4.90 Å². The van der Waals surface area contributed by atoms with Crippen LogP contribution in [0, 0.1) is 5.82 Å². The van der Waals surface area contributed by atoms with Crippen molar-refractivity contribution in [2.45, 2.75) is 32.0 Å². The van der Waals surface area contributed by atoms with Crippen molar-refractivity contribution in [3.63, 3.8) is 0 Å². The molecule has 2 rings (SSSR count). The van der Waals surface area contributed by atoms with Gasteiger partial charge in [0.25, 0.3) is 0 Å². The smallest absolute Gasteiger partial charge is 0.239 e. The van der Waals surface area contributed by atoms with E-state index in [1.165, 1.54) is 6.07 Å². The molecule has 0 spiro atoms. The van der Waals surface area contributed by atoms with Gasteiger partial charge in [0.2, 0.25) is 5.91 Å². The second-order valence-electron chi connectivity index (χ2n) is 5.49. The number of hydrogen-bond acceptors (Lipinski definition) is 3. The Hall–Kier alpha value is -1.46. The Labute approximate surface area is 119 Å². The monoisotopic (exact) mass is 279 g/mol. The van der Waals surface area contributed by atoms with Gasteiger partial charge >= 0.3 is 0 Å². The molecule has 1 saturated heterocycles. The van der Waals surface area contributed by atoms with Crippen molar-refractivity contribution in [3.05, 3.63) is 35.1 Å². The molecule has 1 amide bonds. The molecule has 1 aromatic carbocycles. The molecule has 20 heavy (non-hydrogen) atoms. The highest BCUT2D eigenvalue weighted by atomic mass is 19.1. The lowest BCUT2D eigenvalue weighted by atomic mass is 10.1. The minimum atomic E-state index is -0.240. The third-order valence-electron chi connectivity index (χ3n) is 3.82. The Balaban J connectivity index is 2.11. The summed E-state index contributed by atoms with van der Waals surface area (Å²) in [5, 5.41) is 0. The number of likely N-dealkylation sites (N-methyl/N-ethyl adjacent to an activating group) is 1. The largest absolute Gasteiger partial charge is 0.347 e. The van der Waals surface area contributed by atoms with Crippen molar-refractivity contribution in [1.82, 2.24) is 9.80 Å². The van der Waals surface area contributed by atoms with Crippen molar-refractivity contribution >= 4 is 5.91 Å². The Morgan fingerprint density at radius 1 is 1.50 bits per heavy atom. The van der Waals surface area contributed by atoms with E-state index in [9.17, 15) is 9.18 Å². The molecule has 1 fully saturated rings. The van der Waals surface area contributed by atoms with E-state index in [4.69, 9.17) is 5.73 Å². The van der Waals surface area contributed by atoms with Crippen LogP contribution in [0.25, 0.3) is 0 Å². The fourth-order valence-corrected chi connectivity index (χ4v) is 2.66. The van der Waals surface area contributed by atoms with Crippen LogP contribution in [0.4, 0.5) is 4.39 Å². The summed E-state index contributed by atoms with van der Waals surface area (Å²) < 4.78 is 14.0. The molecule has 4 nitrogen and oxygen atoms in total. The Bertz CT molecular complexity index is 490. The van der Waals surface area contributed by atoms with Crippen LogP contribution in [-0.2, 0) is 17.9 Å². The van der Waals surface area contributed by atoms with Crippen molar-refractivity contribution in [1.29, 1.82) is 0 Å². The van der Waals surface area contributed by atoms with Crippen molar-refractivity contribution in [2.24, 2.45) is 5.73 Å². The molecule has 110 valence electrons. The number of hydrogen-bond donors (Lipinski definition) is 1. The van der Waals surface area contributed by atoms with Gasteiger partial charge in [-0.3, -0.25) is 9.69 Å². The molecule has 1 aliphatic heterocycles. The molecule has 0 bridgehead atoms. The minimum Gasteiger partial charge on any atom is -0.347 e. The van der Waals surface area contributed by atoms with Crippen LogP contribution in [0.3, 0.4) is 0 Å². The highest BCUT2D eigenvalue weighted by Crippen LogP contribution is 2.22. The zero-order chi connectivity index (χ0) is 14.7. The lowest BCUT2D eigenvalue weighted by Gasteiger charge is -2.26. The number of nitrogens with two attached hydrogens (primary N) is 1. The molecule has 1 aliphatic rings. The topological polar surface area (TPSA) is 49.6 Å². The summed E-state index contributed by atoms with van der Waals surface area (Å²) in [4.78, 5) is 15.8. The third-order valence-corrected chi connectivity index (χ3v) is 3.82. The van der Waals surface area contributed by atoms with Crippen LogP contribution >= 0.6 is 0 Å². The minimum absolute atomic E-state index is 0.0986. The van der Waals surface area contributed by atoms with Gasteiger partial charge in [-0.15, -0.1) is 0 Å². The average molecular weight is 279 g/mol. The van der Waals surface area contributed by atoms with Crippen molar-refractivity contribution in [3.8, 4) is 0 Å². The van der Waals surface area contributed by atoms with Gasteiger partial charge in [-0.25, -0.2) is 4.39 Å². The molecule has 1 aromatic rings. The summed E-state index contributed by atoms with van der Waals surface area (Å²) >= 11 is 0.